The second kappa shape index (κ2) is 5.60. The molecule has 0 aliphatic heterocycles. The number of hydrogen-bond donors (Lipinski definition) is 2. The molecule has 2 rings (SSSR count). The molecule has 6 heteroatoms. The Morgan fingerprint density at radius 2 is 2.33 bits per heavy atom. The number of halogens is 2. The fourth-order valence-corrected chi connectivity index (χ4v) is 2.21. The van der Waals surface area contributed by atoms with Crippen molar-refractivity contribution in [3.05, 3.63) is 52.0 Å². The highest BCUT2D eigenvalue weighted by atomic mass is 79.9. The van der Waals surface area contributed by atoms with Gasteiger partial charge in [-0.05, 0) is 45.6 Å². The Morgan fingerprint density at radius 3 is 2.89 bits per heavy atom. The zero-order chi connectivity index (χ0) is 13.1. The van der Waals surface area contributed by atoms with E-state index in [0.29, 0.717) is 10.9 Å². The van der Waals surface area contributed by atoms with E-state index < -0.39 is 0 Å². The molecule has 0 aliphatic carbocycles. The molecule has 0 aliphatic rings. The minimum atomic E-state index is -0.282. The van der Waals surface area contributed by atoms with Gasteiger partial charge in [-0.3, -0.25) is 16.0 Å². The summed E-state index contributed by atoms with van der Waals surface area (Å²) in [6, 6.07) is 4.80. The molecule has 0 fully saturated rings. The number of hydrogen-bond acceptors (Lipinski definition) is 3. The summed E-state index contributed by atoms with van der Waals surface area (Å²) in [7, 11) is 1.86. The van der Waals surface area contributed by atoms with Gasteiger partial charge < -0.3 is 0 Å². The van der Waals surface area contributed by atoms with Crippen molar-refractivity contribution in [2.45, 2.75) is 12.5 Å². The van der Waals surface area contributed by atoms with Crippen molar-refractivity contribution >= 4 is 15.9 Å². The highest BCUT2D eigenvalue weighted by Crippen LogP contribution is 2.23. The first kappa shape index (κ1) is 13.2. The average Bonchev–Trinajstić information content (AvgIpc) is 2.75. The number of aromatic nitrogens is 2. The smallest absolute Gasteiger partial charge is 0.137 e. The van der Waals surface area contributed by atoms with Gasteiger partial charge in [0.25, 0.3) is 0 Å². The maximum absolute atomic E-state index is 13.2. The highest BCUT2D eigenvalue weighted by Gasteiger charge is 2.13. The molecule has 1 aromatic carbocycles. The number of nitrogens with one attached hydrogen (secondary N) is 1. The standard InChI is InChI=1S/C12H14BrFN4/c1-18-7-8(6-16-18)4-12(17-15)9-2-3-11(14)10(13)5-9/h2-3,5-7,12,17H,4,15H2,1H3. The van der Waals surface area contributed by atoms with Crippen LogP contribution in [0.4, 0.5) is 4.39 Å². The molecule has 4 nitrogen and oxygen atoms in total. The van der Waals surface area contributed by atoms with E-state index in [9.17, 15) is 4.39 Å². The third kappa shape index (κ3) is 2.95. The molecular weight excluding hydrogens is 299 g/mol. The normalized spacial score (nSPS) is 12.7. The van der Waals surface area contributed by atoms with Crippen LogP contribution < -0.4 is 11.3 Å². The molecule has 1 heterocycles. The molecule has 1 atom stereocenters. The van der Waals surface area contributed by atoms with Gasteiger partial charge in [0, 0.05) is 13.2 Å². The Morgan fingerprint density at radius 1 is 1.56 bits per heavy atom. The fraction of sp³-hybridized carbons (Fsp3) is 0.250. The molecule has 1 unspecified atom stereocenters. The number of aryl methyl sites for hydroxylation is 1. The molecule has 0 radical (unpaired) electrons. The number of benzene rings is 1. The van der Waals surface area contributed by atoms with Gasteiger partial charge in [0.05, 0.1) is 16.7 Å². The molecule has 2 aromatic rings. The molecule has 0 amide bonds. The summed E-state index contributed by atoms with van der Waals surface area (Å²) in [5, 5.41) is 4.11. The number of nitrogens with two attached hydrogens (primary N) is 1. The van der Waals surface area contributed by atoms with Crippen LogP contribution in [0.1, 0.15) is 17.2 Å². The lowest BCUT2D eigenvalue weighted by Gasteiger charge is -2.15. The first-order chi connectivity index (χ1) is 8.60. The average molecular weight is 313 g/mol. The van der Waals surface area contributed by atoms with E-state index in [4.69, 9.17) is 5.84 Å². The zero-order valence-electron chi connectivity index (χ0n) is 9.90. The summed E-state index contributed by atoms with van der Waals surface area (Å²) in [5.74, 6) is 5.28. The summed E-state index contributed by atoms with van der Waals surface area (Å²) in [5.41, 5.74) is 4.74. The second-order valence-corrected chi connectivity index (χ2v) is 4.97. The van der Waals surface area contributed by atoms with Gasteiger partial charge in [0.15, 0.2) is 0 Å². The quantitative estimate of drug-likeness (QED) is 0.671. The first-order valence-electron chi connectivity index (χ1n) is 5.48. The molecular formula is C12H14BrFN4. The van der Waals surface area contributed by atoms with E-state index in [1.54, 1.807) is 23.0 Å². The van der Waals surface area contributed by atoms with Crippen molar-refractivity contribution in [1.29, 1.82) is 0 Å². The molecule has 96 valence electrons. The van der Waals surface area contributed by atoms with E-state index in [0.717, 1.165) is 11.1 Å². The Hall–Kier alpha value is -1.24. The fourth-order valence-electron chi connectivity index (χ4n) is 1.82. The van der Waals surface area contributed by atoms with Gasteiger partial charge in [-0.25, -0.2) is 4.39 Å². The van der Waals surface area contributed by atoms with Gasteiger partial charge in [-0.1, -0.05) is 6.07 Å². The SMILES string of the molecule is Cn1cc(CC(NN)c2ccc(F)c(Br)c2)cn1. The zero-order valence-corrected chi connectivity index (χ0v) is 11.5. The van der Waals surface area contributed by atoms with Crippen LogP contribution in [0.3, 0.4) is 0 Å². The largest absolute Gasteiger partial charge is 0.276 e. The number of nitrogens with zero attached hydrogens (tertiary/aromatic N) is 2. The third-order valence-corrected chi connectivity index (χ3v) is 3.35. The van der Waals surface area contributed by atoms with E-state index in [1.165, 1.54) is 6.07 Å². The minimum absolute atomic E-state index is 0.0777. The molecule has 0 saturated carbocycles. The molecule has 0 spiro atoms. The van der Waals surface area contributed by atoms with Crippen molar-refractivity contribution in [2.75, 3.05) is 0 Å². The van der Waals surface area contributed by atoms with Gasteiger partial charge in [-0.2, -0.15) is 5.10 Å². The topological polar surface area (TPSA) is 55.9 Å². The highest BCUT2D eigenvalue weighted by molar-refractivity contribution is 9.10. The molecule has 1 aromatic heterocycles. The van der Waals surface area contributed by atoms with Crippen LogP contribution in [-0.2, 0) is 13.5 Å². The second-order valence-electron chi connectivity index (χ2n) is 4.12. The van der Waals surface area contributed by atoms with Crippen LogP contribution in [0.25, 0.3) is 0 Å². The minimum Gasteiger partial charge on any atom is -0.276 e. The van der Waals surface area contributed by atoms with E-state index in [2.05, 4.69) is 26.5 Å². The Labute approximate surface area is 113 Å². The lowest BCUT2D eigenvalue weighted by molar-refractivity contribution is 0.548. The van der Waals surface area contributed by atoms with E-state index in [-0.39, 0.29) is 11.9 Å². The number of rotatable bonds is 4. The lowest BCUT2D eigenvalue weighted by Crippen LogP contribution is -2.29. The van der Waals surface area contributed by atoms with Crippen LogP contribution in [0.15, 0.2) is 35.1 Å². The predicted molar refractivity (Wildman–Crippen MR) is 71.1 cm³/mol. The maximum atomic E-state index is 13.2. The van der Waals surface area contributed by atoms with Crippen LogP contribution in [0.5, 0.6) is 0 Å². The van der Waals surface area contributed by atoms with E-state index in [1.807, 2.05) is 13.2 Å². The summed E-state index contributed by atoms with van der Waals surface area (Å²) in [4.78, 5) is 0. The van der Waals surface area contributed by atoms with Crippen molar-refractivity contribution in [2.24, 2.45) is 12.9 Å². The molecule has 3 N–H and O–H groups in total. The van der Waals surface area contributed by atoms with Crippen LogP contribution in [-0.4, -0.2) is 9.78 Å². The van der Waals surface area contributed by atoms with Gasteiger partial charge in [0.2, 0.25) is 0 Å². The Balaban J connectivity index is 2.19. The van der Waals surface area contributed by atoms with Crippen molar-refractivity contribution in [3.8, 4) is 0 Å². The summed E-state index contributed by atoms with van der Waals surface area (Å²) < 4.78 is 15.4. The predicted octanol–water partition coefficient (Wildman–Crippen LogP) is 2.07. The van der Waals surface area contributed by atoms with Crippen LogP contribution in [0.2, 0.25) is 0 Å². The van der Waals surface area contributed by atoms with E-state index >= 15 is 0 Å². The monoisotopic (exact) mass is 312 g/mol. The van der Waals surface area contributed by atoms with Crippen LogP contribution >= 0.6 is 15.9 Å². The summed E-state index contributed by atoms with van der Waals surface area (Å²) in [6.45, 7) is 0. The first-order valence-corrected chi connectivity index (χ1v) is 6.28. The van der Waals surface area contributed by atoms with Crippen molar-refractivity contribution < 1.29 is 4.39 Å². The van der Waals surface area contributed by atoms with Crippen molar-refractivity contribution in [3.63, 3.8) is 0 Å². The summed E-state index contributed by atoms with van der Waals surface area (Å²) in [6.07, 6.45) is 4.42. The molecule has 18 heavy (non-hydrogen) atoms. The van der Waals surface area contributed by atoms with Gasteiger partial charge >= 0.3 is 0 Å². The van der Waals surface area contributed by atoms with Crippen molar-refractivity contribution in [1.82, 2.24) is 15.2 Å². The Kier molecular flexibility index (Phi) is 4.11. The molecule has 0 bridgehead atoms. The van der Waals surface area contributed by atoms with Gasteiger partial charge in [0.1, 0.15) is 5.82 Å². The maximum Gasteiger partial charge on any atom is 0.137 e. The lowest BCUT2D eigenvalue weighted by atomic mass is 10.0. The van der Waals surface area contributed by atoms with Crippen LogP contribution in [0, 0.1) is 5.82 Å². The molecule has 0 saturated heterocycles. The van der Waals surface area contributed by atoms with Gasteiger partial charge in [-0.15, -0.1) is 0 Å². The Bertz CT molecular complexity index is 541. The third-order valence-electron chi connectivity index (χ3n) is 2.75. The summed E-state index contributed by atoms with van der Waals surface area (Å²) >= 11 is 3.17. The number of hydrazine groups is 1.